The number of alkyl halides is 2. The largest absolute Gasteiger partial charge is 0.488 e. The lowest BCUT2D eigenvalue weighted by molar-refractivity contribution is 0.0575. The molecule has 19 heavy (non-hydrogen) atoms. The second-order valence-corrected chi connectivity index (χ2v) is 4.57. The molecule has 0 radical (unpaired) electrons. The van der Waals surface area contributed by atoms with Crippen LogP contribution in [0, 0.1) is 5.82 Å². The summed E-state index contributed by atoms with van der Waals surface area (Å²) in [5.74, 6) is 0.273. The van der Waals surface area contributed by atoms with Crippen molar-refractivity contribution in [3.8, 4) is 5.75 Å². The van der Waals surface area contributed by atoms with Gasteiger partial charge >= 0.3 is 0 Å². The second-order valence-electron chi connectivity index (χ2n) is 4.57. The highest BCUT2D eigenvalue weighted by molar-refractivity contribution is 5.37. The van der Waals surface area contributed by atoms with Gasteiger partial charge in [0.2, 0.25) is 0 Å². The summed E-state index contributed by atoms with van der Waals surface area (Å²) in [5, 5.41) is 8.86. The number of hydrogen-bond donors (Lipinski definition) is 1. The Morgan fingerprint density at radius 1 is 1.42 bits per heavy atom. The van der Waals surface area contributed by atoms with Crippen molar-refractivity contribution in [1.29, 1.82) is 0 Å². The summed E-state index contributed by atoms with van der Waals surface area (Å²) in [6.07, 6.45) is -2.23. The van der Waals surface area contributed by atoms with Crippen LogP contribution in [0.2, 0.25) is 0 Å². The summed E-state index contributed by atoms with van der Waals surface area (Å²) < 4.78 is 43.4. The van der Waals surface area contributed by atoms with Crippen LogP contribution in [0.1, 0.15) is 5.56 Å². The van der Waals surface area contributed by atoms with Gasteiger partial charge < -0.3 is 9.84 Å². The first kappa shape index (κ1) is 14.1. The van der Waals surface area contributed by atoms with Crippen molar-refractivity contribution in [3.63, 3.8) is 0 Å². The molecule has 6 heteroatoms. The highest BCUT2D eigenvalue weighted by atomic mass is 19.3. The molecule has 0 amide bonds. The van der Waals surface area contributed by atoms with Gasteiger partial charge in [0.25, 0.3) is 6.43 Å². The summed E-state index contributed by atoms with van der Waals surface area (Å²) in [4.78, 5) is 1.46. The van der Waals surface area contributed by atoms with Gasteiger partial charge in [-0.3, -0.25) is 4.90 Å². The molecule has 1 aromatic rings. The van der Waals surface area contributed by atoms with E-state index < -0.39 is 13.0 Å². The fourth-order valence-corrected chi connectivity index (χ4v) is 2.27. The van der Waals surface area contributed by atoms with Gasteiger partial charge in [-0.1, -0.05) is 0 Å². The average molecular weight is 275 g/mol. The summed E-state index contributed by atoms with van der Waals surface area (Å²) in [5.41, 5.74) is 0.756. The van der Waals surface area contributed by atoms with Crippen molar-refractivity contribution in [3.05, 3.63) is 29.6 Å². The van der Waals surface area contributed by atoms with Crippen LogP contribution >= 0.6 is 0 Å². The Kier molecular flexibility index (Phi) is 4.66. The molecule has 0 saturated carbocycles. The lowest BCUT2D eigenvalue weighted by Gasteiger charge is -2.23. The second kappa shape index (κ2) is 6.25. The number of benzene rings is 1. The number of halogens is 3. The van der Waals surface area contributed by atoms with E-state index >= 15 is 0 Å². The molecule has 0 bridgehead atoms. The molecule has 1 aliphatic rings. The van der Waals surface area contributed by atoms with Crippen molar-refractivity contribution >= 4 is 0 Å². The molecule has 0 aliphatic carbocycles. The van der Waals surface area contributed by atoms with Crippen molar-refractivity contribution < 1.29 is 23.0 Å². The normalized spacial score (nSPS) is 17.9. The van der Waals surface area contributed by atoms with Crippen LogP contribution < -0.4 is 4.74 Å². The maximum absolute atomic E-state index is 13.0. The highest BCUT2D eigenvalue weighted by Crippen LogP contribution is 2.29. The van der Waals surface area contributed by atoms with Crippen LogP contribution in [0.3, 0.4) is 0 Å². The molecule has 2 rings (SSSR count). The zero-order valence-electron chi connectivity index (χ0n) is 10.4. The molecular formula is C13H16F3NO2. The van der Waals surface area contributed by atoms with E-state index in [0.717, 1.165) is 5.56 Å². The molecule has 3 nitrogen and oxygen atoms in total. The number of fused-ring (bicyclic) bond motifs is 1. The highest BCUT2D eigenvalue weighted by Gasteiger charge is 2.26. The number of rotatable bonds is 6. The lowest BCUT2D eigenvalue weighted by Crippen LogP contribution is -2.39. The molecule has 1 unspecified atom stereocenters. The van der Waals surface area contributed by atoms with Crippen molar-refractivity contribution in [2.75, 3.05) is 26.2 Å². The Morgan fingerprint density at radius 2 is 2.21 bits per heavy atom. The Balaban J connectivity index is 1.94. The van der Waals surface area contributed by atoms with Gasteiger partial charge in [-0.2, -0.15) is 0 Å². The molecule has 0 aromatic heterocycles. The molecule has 0 saturated heterocycles. The van der Waals surface area contributed by atoms with Crippen LogP contribution in [-0.2, 0) is 6.42 Å². The predicted molar refractivity (Wildman–Crippen MR) is 64.0 cm³/mol. The zero-order valence-corrected chi connectivity index (χ0v) is 10.4. The first-order valence-electron chi connectivity index (χ1n) is 6.15. The van der Waals surface area contributed by atoms with Crippen LogP contribution in [0.25, 0.3) is 0 Å². The van der Waals surface area contributed by atoms with E-state index in [2.05, 4.69) is 0 Å². The summed E-state index contributed by atoms with van der Waals surface area (Å²) in [6.45, 7) is -0.109. The monoisotopic (exact) mass is 275 g/mol. The van der Waals surface area contributed by atoms with Crippen molar-refractivity contribution in [2.45, 2.75) is 19.0 Å². The SMILES string of the molecule is OCCN(CC(F)F)CC1Cc2cc(F)ccc2O1. The number of aliphatic hydroxyl groups is 1. The van der Waals surface area contributed by atoms with Gasteiger partial charge in [0.1, 0.15) is 17.7 Å². The number of hydrogen-bond acceptors (Lipinski definition) is 3. The predicted octanol–water partition coefficient (Wildman–Crippen LogP) is 1.69. The Bertz CT molecular complexity index is 428. The van der Waals surface area contributed by atoms with Gasteiger partial charge in [-0.15, -0.1) is 0 Å². The maximum atomic E-state index is 13.0. The average Bonchev–Trinajstić information content (AvgIpc) is 2.69. The van der Waals surface area contributed by atoms with E-state index in [1.807, 2.05) is 0 Å². The minimum atomic E-state index is -2.45. The summed E-state index contributed by atoms with van der Waals surface area (Å²) >= 11 is 0. The van der Waals surface area contributed by atoms with E-state index in [0.29, 0.717) is 18.7 Å². The van der Waals surface area contributed by atoms with Crippen LogP contribution in [-0.4, -0.2) is 48.8 Å². The molecule has 1 atom stereocenters. The smallest absolute Gasteiger partial charge is 0.251 e. The quantitative estimate of drug-likeness (QED) is 0.857. The van der Waals surface area contributed by atoms with Gasteiger partial charge in [0.05, 0.1) is 13.2 Å². The van der Waals surface area contributed by atoms with E-state index in [4.69, 9.17) is 9.84 Å². The van der Waals surface area contributed by atoms with E-state index in [1.54, 1.807) is 6.07 Å². The van der Waals surface area contributed by atoms with Crippen LogP contribution in [0.4, 0.5) is 13.2 Å². The minimum absolute atomic E-state index is 0.176. The van der Waals surface area contributed by atoms with E-state index in [1.165, 1.54) is 17.0 Å². The zero-order chi connectivity index (χ0) is 13.8. The third-order valence-electron chi connectivity index (χ3n) is 3.04. The lowest BCUT2D eigenvalue weighted by atomic mass is 10.1. The summed E-state index contributed by atoms with van der Waals surface area (Å²) in [6, 6.07) is 4.26. The third-order valence-corrected chi connectivity index (χ3v) is 3.04. The topological polar surface area (TPSA) is 32.7 Å². The van der Waals surface area contributed by atoms with Crippen LogP contribution in [0.5, 0.6) is 5.75 Å². The molecule has 1 heterocycles. The Hall–Kier alpha value is -1.27. The molecule has 1 N–H and O–H groups in total. The molecule has 106 valence electrons. The van der Waals surface area contributed by atoms with Gasteiger partial charge in [-0.25, -0.2) is 13.2 Å². The molecule has 1 aliphatic heterocycles. The van der Waals surface area contributed by atoms with Gasteiger partial charge in [-0.05, 0) is 18.2 Å². The van der Waals surface area contributed by atoms with Crippen molar-refractivity contribution in [1.82, 2.24) is 4.90 Å². The fraction of sp³-hybridized carbons (Fsp3) is 0.538. The molecule has 0 spiro atoms. The maximum Gasteiger partial charge on any atom is 0.251 e. The van der Waals surface area contributed by atoms with Gasteiger partial charge in [0, 0.05) is 25.1 Å². The number of ether oxygens (including phenoxy) is 1. The molecule has 1 aromatic carbocycles. The molecular weight excluding hydrogens is 259 g/mol. The fourth-order valence-electron chi connectivity index (χ4n) is 2.27. The molecule has 0 fully saturated rings. The van der Waals surface area contributed by atoms with Crippen molar-refractivity contribution in [2.24, 2.45) is 0 Å². The Morgan fingerprint density at radius 3 is 2.89 bits per heavy atom. The van der Waals surface area contributed by atoms with E-state index in [-0.39, 0.29) is 25.1 Å². The first-order valence-corrected chi connectivity index (χ1v) is 6.15. The summed E-state index contributed by atoms with van der Waals surface area (Å²) in [7, 11) is 0. The number of nitrogens with zero attached hydrogens (tertiary/aromatic N) is 1. The number of aliphatic hydroxyl groups excluding tert-OH is 1. The standard InChI is InChI=1S/C13H16F3NO2/c14-10-1-2-12-9(5-10)6-11(19-12)7-17(3-4-18)8-13(15)16/h1-2,5,11,13,18H,3-4,6-8H2. The third kappa shape index (κ3) is 3.84. The minimum Gasteiger partial charge on any atom is -0.488 e. The van der Waals surface area contributed by atoms with E-state index in [9.17, 15) is 13.2 Å². The van der Waals surface area contributed by atoms with Gasteiger partial charge in [0.15, 0.2) is 0 Å². The van der Waals surface area contributed by atoms with Crippen LogP contribution in [0.15, 0.2) is 18.2 Å². The first-order chi connectivity index (χ1) is 9.08. The Labute approximate surface area is 109 Å².